The molecule has 0 saturated heterocycles. The minimum absolute atomic E-state index is 0.134. The maximum absolute atomic E-state index is 12.8. The van der Waals surface area contributed by atoms with Crippen LogP contribution >= 0.6 is 11.8 Å². The fraction of sp³-hybridized carbons (Fsp3) is 0.429. The predicted molar refractivity (Wildman–Crippen MR) is 131 cm³/mol. The SMILES string of the molecule is CCOCCNc1nc(SC)nc2c1cnn2CCNC(=O)c1cc(OC)c(OC)cc1[N+](=O)[O-]. The van der Waals surface area contributed by atoms with E-state index >= 15 is 0 Å². The number of nitrogens with one attached hydrogen (secondary N) is 2. The van der Waals surface area contributed by atoms with E-state index in [9.17, 15) is 14.9 Å². The molecular weight excluding hydrogens is 478 g/mol. The third kappa shape index (κ3) is 6.08. The summed E-state index contributed by atoms with van der Waals surface area (Å²) < 4.78 is 17.3. The van der Waals surface area contributed by atoms with E-state index < -0.39 is 10.8 Å². The maximum Gasteiger partial charge on any atom is 0.286 e. The largest absolute Gasteiger partial charge is 0.493 e. The lowest BCUT2D eigenvalue weighted by molar-refractivity contribution is -0.385. The number of nitro groups is 1. The Morgan fingerprint density at radius 1 is 1.20 bits per heavy atom. The number of nitro benzene ring substituents is 1. The second-order valence-electron chi connectivity index (χ2n) is 7.02. The normalized spacial score (nSPS) is 10.9. The molecule has 0 spiro atoms. The number of aromatic nitrogens is 4. The first-order chi connectivity index (χ1) is 16.9. The molecule has 0 aliphatic carbocycles. The first-order valence-electron chi connectivity index (χ1n) is 10.7. The van der Waals surface area contributed by atoms with E-state index in [1.807, 2.05) is 13.2 Å². The molecule has 1 amide bonds. The molecule has 188 valence electrons. The number of thioether (sulfide) groups is 1. The average Bonchev–Trinajstić information content (AvgIpc) is 3.28. The van der Waals surface area contributed by atoms with Gasteiger partial charge in [0.25, 0.3) is 11.6 Å². The number of amides is 1. The average molecular weight is 506 g/mol. The smallest absolute Gasteiger partial charge is 0.286 e. The number of nitrogens with zero attached hydrogens (tertiary/aromatic N) is 5. The van der Waals surface area contributed by atoms with Crippen molar-refractivity contribution in [3.05, 3.63) is 34.0 Å². The zero-order chi connectivity index (χ0) is 25.4. The molecule has 3 aromatic rings. The Bertz CT molecular complexity index is 1200. The van der Waals surface area contributed by atoms with Gasteiger partial charge in [-0.25, -0.2) is 14.6 Å². The van der Waals surface area contributed by atoms with E-state index in [1.165, 1.54) is 32.0 Å². The maximum atomic E-state index is 12.8. The van der Waals surface area contributed by atoms with Crippen molar-refractivity contribution in [1.82, 2.24) is 25.1 Å². The van der Waals surface area contributed by atoms with Crippen molar-refractivity contribution < 1.29 is 23.9 Å². The van der Waals surface area contributed by atoms with Crippen LogP contribution in [0.1, 0.15) is 17.3 Å². The highest BCUT2D eigenvalue weighted by Crippen LogP contribution is 2.34. The molecule has 1 aromatic carbocycles. The van der Waals surface area contributed by atoms with Gasteiger partial charge in [-0.05, 0) is 13.2 Å². The summed E-state index contributed by atoms with van der Waals surface area (Å²) in [5.41, 5.74) is 0.0881. The summed E-state index contributed by atoms with van der Waals surface area (Å²) in [7, 11) is 2.75. The van der Waals surface area contributed by atoms with Crippen molar-refractivity contribution in [3.8, 4) is 11.5 Å². The molecule has 0 unspecified atom stereocenters. The molecule has 3 rings (SSSR count). The van der Waals surface area contributed by atoms with Gasteiger partial charge in [-0.15, -0.1) is 0 Å². The number of fused-ring (bicyclic) bond motifs is 1. The molecule has 0 bridgehead atoms. The standard InChI is InChI=1S/C21H27N7O6S/c1-5-34-9-7-22-18-14-12-24-27(19(14)26-21(25-18)35-4)8-6-23-20(29)13-10-16(32-2)17(33-3)11-15(13)28(30)31/h10-12H,5-9H2,1-4H3,(H,23,29)(H,22,25,26). The highest BCUT2D eigenvalue weighted by molar-refractivity contribution is 7.98. The number of hydrogen-bond donors (Lipinski definition) is 2. The Balaban J connectivity index is 1.76. The monoisotopic (exact) mass is 505 g/mol. The van der Waals surface area contributed by atoms with Crippen LogP contribution in [-0.4, -0.2) is 77.4 Å². The molecule has 2 aromatic heterocycles. The number of rotatable bonds is 13. The second kappa shape index (κ2) is 12.2. The topological polar surface area (TPSA) is 156 Å². The van der Waals surface area contributed by atoms with E-state index in [1.54, 1.807) is 10.9 Å². The van der Waals surface area contributed by atoms with Crippen LogP contribution in [-0.2, 0) is 11.3 Å². The Labute approximate surface area is 205 Å². The van der Waals surface area contributed by atoms with Gasteiger partial charge < -0.3 is 24.8 Å². The van der Waals surface area contributed by atoms with Crippen LogP contribution in [0, 0.1) is 10.1 Å². The summed E-state index contributed by atoms with van der Waals surface area (Å²) in [5, 5.41) is 23.1. The summed E-state index contributed by atoms with van der Waals surface area (Å²) in [4.78, 5) is 32.7. The van der Waals surface area contributed by atoms with Crippen LogP contribution in [0.4, 0.5) is 11.5 Å². The van der Waals surface area contributed by atoms with Gasteiger partial charge in [-0.2, -0.15) is 5.10 Å². The minimum Gasteiger partial charge on any atom is -0.493 e. The van der Waals surface area contributed by atoms with Crippen molar-refractivity contribution in [1.29, 1.82) is 0 Å². The van der Waals surface area contributed by atoms with Gasteiger partial charge in [0.15, 0.2) is 22.3 Å². The fourth-order valence-electron chi connectivity index (χ4n) is 3.28. The van der Waals surface area contributed by atoms with Crippen LogP contribution in [0.5, 0.6) is 11.5 Å². The fourth-order valence-corrected chi connectivity index (χ4v) is 3.64. The molecule has 14 heteroatoms. The van der Waals surface area contributed by atoms with Crippen molar-refractivity contribution in [2.75, 3.05) is 52.1 Å². The quantitative estimate of drug-likeness (QED) is 0.116. The van der Waals surface area contributed by atoms with Gasteiger partial charge in [-0.3, -0.25) is 14.9 Å². The lowest BCUT2D eigenvalue weighted by atomic mass is 10.1. The second-order valence-corrected chi connectivity index (χ2v) is 7.80. The Hall–Kier alpha value is -3.65. The summed E-state index contributed by atoms with van der Waals surface area (Å²) in [6, 6.07) is 2.45. The molecule has 2 N–H and O–H groups in total. The predicted octanol–water partition coefficient (Wildman–Crippen LogP) is 2.35. The van der Waals surface area contributed by atoms with Crippen molar-refractivity contribution in [3.63, 3.8) is 0 Å². The molecule has 2 heterocycles. The molecule has 0 radical (unpaired) electrons. The molecule has 0 aliphatic heterocycles. The van der Waals surface area contributed by atoms with E-state index in [-0.39, 0.29) is 29.3 Å². The van der Waals surface area contributed by atoms with Crippen molar-refractivity contribution in [2.45, 2.75) is 18.6 Å². The molecule has 0 aliphatic rings. The lowest BCUT2D eigenvalue weighted by Crippen LogP contribution is -2.28. The first kappa shape index (κ1) is 26.0. The van der Waals surface area contributed by atoms with E-state index in [0.29, 0.717) is 42.9 Å². The van der Waals surface area contributed by atoms with Crippen molar-refractivity contribution in [2.24, 2.45) is 0 Å². The van der Waals surface area contributed by atoms with E-state index in [0.717, 1.165) is 11.5 Å². The first-order valence-corrected chi connectivity index (χ1v) is 11.9. The summed E-state index contributed by atoms with van der Waals surface area (Å²) in [5.74, 6) is 0.405. The number of hydrogen-bond acceptors (Lipinski definition) is 11. The number of carbonyl (C=O) groups is 1. The van der Waals surface area contributed by atoms with E-state index in [2.05, 4.69) is 25.7 Å². The molecule has 13 nitrogen and oxygen atoms in total. The van der Waals surface area contributed by atoms with Crippen molar-refractivity contribution >= 4 is 40.2 Å². The van der Waals surface area contributed by atoms with Gasteiger partial charge in [0.1, 0.15) is 11.4 Å². The third-order valence-corrected chi connectivity index (χ3v) is 5.50. The van der Waals surface area contributed by atoms with Gasteiger partial charge in [0.2, 0.25) is 0 Å². The highest BCUT2D eigenvalue weighted by Gasteiger charge is 2.24. The molecule has 0 atom stereocenters. The highest BCUT2D eigenvalue weighted by atomic mass is 32.2. The van der Waals surface area contributed by atoms with Crippen LogP contribution in [0.25, 0.3) is 11.0 Å². The number of ether oxygens (including phenoxy) is 3. The Kier molecular flexibility index (Phi) is 9.03. The van der Waals surface area contributed by atoms with Gasteiger partial charge in [-0.1, -0.05) is 11.8 Å². The van der Waals surface area contributed by atoms with Gasteiger partial charge in [0, 0.05) is 25.8 Å². The minimum atomic E-state index is -0.640. The number of anilines is 1. The molecular formula is C21H27N7O6S. The van der Waals surface area contributed by atoms with Gasteiger partial charge >= 0.3 is 0 Å². The summed E-state index contributed by atoms with van der Waals surface area (Å²) >= 11 is 1.40. The lowest BCUT2D eigenvalue weighted by Gasteiger charge is -2.11. The number of carbonyl (C=O) groups excluding carboxylic acids is 1. The Morgan fingerprint density at radius 3 is 2.60 bits per heavy atom. The summed E-state index contributed by atoms with van der Waals surface area (Å²) in [6.45, 7) is 4.14. The van der Waals surface area contributed by atoms with Crippen LogP contribution in [0.2, 0.25) is 0 Å². The third-order valence-electron chi connectivity index (χ3n) is 4.95. The van der Waals surface area contributed by atoms with E-state index in [4.69, 9.17) is 14.2 Å². The van der Waals surface area contributed by atoms with Gasteiger partial charge in [0.05, 0.1) is 49.9 Å². The van der Waals surface area contributed by atoms with Crippen LogP contribution < -0.4 is 20.1 Å². The molecule has 0 saturated carbocycles. The zero-order valence-electron chi connectivity index (χ0n) is 19.9. The van der Waals surface area contributed by atoms with Crippen LogP contribution in [0.3, 0.4) is 0 Å². The Morgan fingerprint density at radius 2 is 1.94 bits per heavy atom. The zero-order valence-corrected chi connectivity index (χ0v) is 20.7. The number of benzene rings is 1. The summed E-state index contributed by atoms with van der Waals surface area (Å²) in [6.07, 6.45) is 3.53. The van der Waals surface area contributed by atoms with Crippen LogP contribution in [0.15, 0.2) is 23.5 Å². The molecule has 35 heavy (non-hydrogen) atoms. The number of methoxy groups -OCH3 is 2. The molecule has 0 fully saturated rings.